The summed E-state index contributed by atoms with van der Waals surface area (Å²) in [6.07, 6.45) is 1.87. The Morgan fingerprint density at radius 1 is 1.05 bits per heavy atom. The molecule has 0 aliphatic heterocycles. The Hall–Kier alpha value is -0.860. The molecule has 0 aliphatic rings. The van der Waals surface area contributed by atoms with Crippen molar-refractivity contribution < 1.29 is 9.84 Å². The average Bonchev–Trinajstić information content (AvgIpc) is 2.45. The summed E-state index contributed by atoms with van der Waals surface area (Å²) < 4.78 is 5.87. The van der Waals surface area contributed by atoms with Crippen LogP contribution in [-0.2, 0) is 11.2 Å². The summed E-state index contributed by atoms with van der Waals surface area (Å²) in [5.41, 5.74) is 2.10. The van der Waals surface area contributed by atoms with Crippen LogP contribution in [0.5, 0.6) is 0 Å². The molecule has 1 rings (SSSR count). The Balaban J connectivity index is 2.79. The van der Waals surface area contributed by atoms with Crippen LogP contribution in [0.25, 0.3) is 0 Å². The van der Waals surface area contributed by atoms with Crippen LogP contribution >= 0.6 is 0 Å². The van der Waals surface area contributed by atoms with Gasteiger partial charge in [-0.2, -0.15) is 0 Å². The number of hydrogen-bond donors (Lipinski definition) is 1. The first kappa shape index (κ1) is 17.2. The van der Waals surface area contributed by atoms with Gasteiger partial charge in [0, 0.05) is 13.0 Å². The minimum atomic E-state index is -0.456. The predicted octanol–water partition coefficient (Wildman–Crippen LogP) is 4.31. The van der Waals surface area contributed by atoms with Crippen molar-refractivity contribution in [1.82, 2.24) is 0 Å². The van der Waals surface area contributed by atoms with Crippen LogP contribution in [0.1, 0.15) is 64.5 Å². The second kappa shape index (κ2) is 7.80. The maximum atomic E-state index is 10.6. The van der Waals surface area contributed by atoms with Gasteiger partial charge in [-0.15, -0.1) is 0 Å². The van der Waals surface area contributed by atoms with E-state index in [0.29, 0.717) is 18.9 Å². The monoisotopic (exact) mass is 278 g/mol. The van der Waals surface area contributed by atoms with Gasteiger partial charge in [-0.3, -0.25) is 0 Å². The molecule has 0 heterocycles. The molecule has 0 saturated heterocycles. The van der Waals surface area contributed by atoms with E-state index in [9.17, 15) is 5.11 Å². The van der Waals surface area contributed by atoms with Crippen LogP contribution in [0, 0.1) is 0 Å². The van der Waals surface area contributed by atoms with E-state index in [1.807, 2.05) is 6.92 Å². The zero-order chi connectivity index (χ0) is 15.2. The quantitative estimate of drug-likeness (QED) is 0.768. The van der Waals surface area contributed by atoms with Gasteiger partial charge in [-0.05, 0) is 36.8 Å². The lowest BCUT2D eigenvalue weighted by molar-refractivity contribution is -0.124. The van der Waals surface area contributed by atoms with Gasteiger partial charge in [0.05, 0.1) is 11.7 Å². The number of ether oxygens (including phenoxy) is 1. The molecule has 1 N–H and O–H groups in total. The Morgan fingerprint density at radius 2 is 1.60 bits per heavy atom. The topological polar surface area (TPSA) is 29.5 Å². The first-order valence-electron chi connectivity index (χ1n) is 7.89. The third-order valence-electron chi connectivity index (χ3n) is 4.31. The van der Waals surface area contributed by atoms with Crippen molar-refractivity contribution in [3.05, 3.63) is 35.4 Å². The fraction of sp³-hybridized carbons (Fsp3) is 0.667. The fourth-order valence-electron chi connectivity index (χ4n) is 2.76. The lowest BCUT2D eigenvalue weighted by Gasteiger charge is -2.36. The molecular weight excluding hydrogens is 248 g/mol. The summed E-state index contributed by atoms with van der Waals surface area (Å²) in [7, 11) is 0. The molecule has 1 aromatic carbocycles. The summed E-state index contributed by atoms with van der Waals surface area (Å²) in [6, 6.07) is 8.57. The van der Waals surface area contributed by atoms with Crippen molar-refractivity contribution in [2.45, 2.75) is 71.5 Å². The summed E-state index contributed by atoms with van der Waals surface area (Å²) in [6.45, 7) is 11.2. The van der Waals surface area contributed by atoms with Crippen molar-refractivity contribution in [1.29, 1.82) is 0 Å². The maximum absolute atomic E-state index is 10.6. The molecule has 1 aromatic rings. The third-order valence-corrected chi connectivity index (χ3v) is 4.31. The van der Waals surface area contributed by atoms with E-state index in [1.165, 1.54) is 11.1 Å². The van der Waals surface area contributed by atoms with Gasteiger partial charge in [-0.25, -0.2) is 0 Å². The fourth-order valence-corrected chi connectivity index (χ4v) is 2.76. The van der Waals surface area contributed by atoms with E-state index >= 15 is 0 Å². The summed E-state index contributed by atoms with van der Waals surface area (Å²) in [5, 5.41) is 10.6. The highest BCUT2D eigenvalue weighted by molar-refractivity contribution is 5.25. The first-order valence-corrected chi connectivity index (χ1v) is 7.89. The molecule has 0 aromatic heterocycles. The van der Waals surface area contributed by atoms with Gasteiger partial charge in [-0.1, -0.05) is 52.0 Å². The highest BCUT2D eigenvalue weighted by Gasteiger charge is 2.35. The van der Waals surface area contributed by atoms with Crippen molar-refractivity contribution >= 4 is 0 Å². The second-order valence-electron chi connectivity index (χ2n) is 5.82. The van der Waals surface area contributed by atoms with Crippen LogP contribution in [0.3, 0.4) is 0 Å². The van der Waals surface area contributed by atoms with E-state index < -0.39 is 11.7 Å². The van der Waals surface area contributed by atoms with Crippen LogP contribution in [0.2, 0.25) is 0 Å². The van der Waals surface area contributed by atoms with Gasteiger partial charge in [0.2, 0.25) is 0 Å². The number of benzene rings is 1. The van der Waals surface area contributed by atoms with Gasteiger partial charge in [0.25, 0.3) is 0 Å². The molecular formula is C18H30O2. The van der Waals surface area contributed by atoms with Crippen LogP contribution in [0.4, 0.5) is 0 Å². The standard InChI is InChI=1S/C18H30O2/c1-6-18(7-2,20-8-3)17(19)13-15-9-11-16(12-10-15)14(4)5/h9-12,14,17,19H,6-8,13H2,1-5H3. The summed E-state index contributed by atoms with van der Waals surface area (Å²) in [5.74, 6) is 0.544. The second-order valence-corrected chi connectivity index (χ2v) is 5.82. The van der Waals surface area contributed by atoms with Crippen molar-refractivity contribution in [2.75, 3.05) is 6.61 Å². The molecule has 1 unspecified atom stereocenters. The van der Waals surface area contributed by atoms with E-state index in [1.54, 1.807) is 0 Å². The van der Waals surface area contributed by atoms with Crippen LogP contribution in [0.15, 0.2) is 24.3 Å². The van der Waals surface area contributed by atoms with E-state index in [0.717, 1.165) is 12.8 Å². The molecule has 1 atom stereocenters. The summed E-state index contributed by atoms with van der Waals surface area (Å²) in [4.78, 5) is 0. The highest BCUT2D eigenvalue weighted by Crippen LogP contribution is 2.27. The Kier molecular flexibility index (Phi) is 6.70. The Bertz CT molecular complexity index is 377. The first-order chi connectivity index (χ1) is 9.49. The molecule has 114 valence electrons. The lowest BCUT2D eigenvalue weighted by atomic mass is 9.86. The molecule has 0 amide bonds. The molecule has 0 bridgehead atoms. The normalized spacial score (nSPS) is 13.8. The van der Waals surface area contributed by atoms with Gasteiger partial charge in [0.15, 0.2) is 0 Å². The molecule has 2 heteroatoms. The molecule has 0 spiro atoms. The number of aliphatic hydroxyl groups excluding tert-OH is 1. The molecule has 0 saturated carbocycles. The van der Waals surface area contributed by atoms with Crippen molar-refractivity contribution in [3.8, 4) is 0 Å². The lowest BCUT2D eigenvalue weighted by Crippen LogP contribution is -2.45. The predicted molar refractivity (Wildman–Crippen MR) is 85.2 cm³/mol. The highest BCUT2D eigenvalue weighted by atomic mass is 16.5. The van der Waals surface area contributed by atoms with Gasteiger partial charge in [0.1, 0.15) is 0 Å². The zero-order valence-electron chi connectivity index (χ0n) is 13.6. The van der Waals surface area contributed by atoms with Crippen LogP contribution in [-0.4, -0.2) is 23.4 Å². The van der Waals surface area contributed by atoms with Crippen molar-refractivity contribution in [2.24, 2.45) is 0 Å². The van der Waals surface area contributed by atoms with E-state index in [-0.39, 0.29) is 0 Å². The SMILES string of the molecule is CCOC(CC)(CC)C(O)Cc1ccc(C(C)C)cc1. The Morgan fingerprint density at radius 3 is 2.00 bits per heavy atom. The number of hydrogen-bond acceptors (Lipinski definition) is 2. The number of rotatable bonds is 8. The summed E-state index contributed by atoms with van der Waals surface area (Å²) >= 11 is 0. The van der Waals surface area contributed by atoms with Gasteiger partial charge >= 0.3 is 0 Å². The molecule has 0 aliphatic carbocycles. The Labute approximate surface area is 124 Å². The maximum Gasteiger partial charge on any atom is 0.0938 e. The molecule has 0 fully saturated rings. The molecule has 0 radical (unpaired) electrons. The minimum Gasteiger partial charge on any atom is -0.390 e. The smallest absolute Gasteiger partial charge is 0.0938 e. The average molecular weight is 278 g/mol. The third kappa shape index (κ3) is 4.07. The van der Waals surface area contributed by atoms with Crippen molar-refractivity contribution in [3.63, 3.8) is 0 Å². The minimum absolute atomic E-state index is 0.411. The zero-order valence-corrected chi connectivity index (χ0v) is 13.6. The van der Waals surface area contributed by atoms with E-state index in [2.05, 4.69) is 52.0 Å². The largest absolute Gasteiger partial charge is 0.390 e. The molecule has 2 nitrogen and oxygen atoms in total. The van der Waals surface area contributed by atoms with Crippen LogP contribution < -0.4 is 0 Å². The molecule has 20 heavy (non-hydrogen) atoms. The number of aliphatic hydroxyl groups is 1. The van der Waals surface area contributed by atoms with Gasteiger partial charge < -0.3 is 9.84 Å². The van der Waals surface area contributed by atoms with E-state index in [4.69, 9.17) is 4.74 Å².